The minimum absolute atomic E-state index is 0.0498. The molecule has 0 atom stereocenters. The van der Waals surface area contributed by atoms with E-state index < -0.39 is 11.6 Å². The van der Waals surface area contributed by atoms with Crippen LogP contribution in [0.1, 0.15) is 36.7 Å². The molecule has 2 aromatic rings. The van der Waals surface area contributed by atoms with E-state index in [1.54, 1.807) is 23.1 Å². The summed E-state index contributed by atoms with van der Waals surface area (Å²) >= 11 is 12.1. The molecule has 0 spiro atoms. The molecule has 1 amide bonds. The fraction of sp³-hybridized carbons (Fsp3) is 0.429. The first kappa shape index (κ1) is 23.9. The van der Waals surface area contributed by atoms with Crippen LogP contribution >= 0.6 is 23.2 Å². The molecule has 1 aromatic heterocycles. The third-order valence-electron chi connectivity index (χ3n) is 4.68. The Balaban J connectivity index is 1.70. The summed E-state index contributed by atoms with van der Waals surface area (Å²) in [6.07, 6.45) is 0.915. The van der Waals surface area contributed by atoms with Crippen molar-refractivity contribution in [2.24, 2.45) is 0 Å². The summed E-state index contributed by atoms with van der Waals surface area (Å²) in [5, 5.41) is 13.5. The molecule has 172 valence electrons. The first-order valence-electron chi connectivity index (χ1n) is 10.0. The third-order valence-corrected chi connectivity index (χ3v) is 5.27. The van der Waals surface area contributed by atoms with Gasteiger partial charge in [0, 0.05) is 49.0 Å². The van der Waals surface area contributed by atoms with Crippen LogP contribution in [0.5, 0.6) is 0 Å². The van der Waals surface area contributed by atoms with E-state index in [0.29, 0.717) is 42.2 Å². The van der Waals surface area contributed by atoms with E-state index in [-0.39, 0.29) is 24.0 Å². The van der Waals surface area contributed by atoms with Crippen LogP contribution in [-0.2, 0) is 11.3 Å². The van der Waals surface area contributed by atoms with Crippen molar-refractivity contribution in [3.05, 3.63) is 45.6 Å². The zero-order valence-electron chi connectivity index (χ0n) is 18.1. The Morgan fingerprint density at radius 2 is 1.88 bits per heavy atom. The lowest BCUT2D eigenvalue weighted by Gasteiger charge is -2.35. The van der Waals surface area contributed by atoms with Gasteiger partial charge in [0.25, 0.3) is 0 Å². The van der Waals surface area contributed by atoms with Gasteiger partial charge in [-0.25, -0.2) is 14.6 Å². The number of hydrogen-bond acceptors (Lipinski definition) is 7. The maximum absolute atomic E-state index is 12.3. The highest BCUT2D eigenvalue weighted by molar-refractivity contribution is 6.35. The molecule has 3 rings (SSSR count). The zero-order valence-corrected chi connectivity index (χ0v) is 19.6. The quantitative estimate of drug-likeness (QED) is 0.655. The second kappa shape index (κ2) is 9.79. The number of hydrogen-bond donors (Lipinski definition) is 2. The highest BCUT2D eigenvalue weighted by Crippen LogP contribution is 2.24. The fourth-order valence-electron chi connectivity index (χ4n) is 3.08. The Bertz CT molecular complexity index is 1000. The second-order valence-corrected chi connectivity index (χ2v) is 9.12. The number of halogens is 2. The maximum Gasteiger partial charge on any atom is 0.410 e. The van der Waals surface area contributed by atoms with Crippen LogP contribution in [0.2, 0.25) is 10.0 Å². The summed E-state index contributed by atoms with van der Waals surface area (Å²) in [4.78, 5) is 36.1. The molecule has 0 bridgehead atoms. The van der Waals surface area contributed by atoms with Crippen molar-refractivity contribution in [1.29, 1.82) is 0 Å². The largest absolute Gasteiger partial charge is 0.477 e. The first-order chi connectivity index (χ1) is 15.0. The first-order valence-corrected chi connectivity index (χ1v) is 10.8. The molecule has 1 saturated heterocycles. The lowest BCUT2D eigenvalue weighted by molar-refractivity contribution is 0.0239. The molecule has 9 nitrogen and oxygen atoms in total. The van der Waals surface area contributed by atoms with Crippen LogP contribution in [0.3, 0.4) is 0 Å². The average Bonchev–Trinajstić information content (AvgIpc) is 2.71. The maximum atomic E-state index is 12.3. The van der Waals surface area contributed by atoms with Crippen molar-refractivity contribution >= 4 is 47.0 Å². The molecule has 0 radical (unpaired) electrons. The minimum atomic E-state index is -1.14. The SMILES string of the molecule is CC(C)(C)OC(=O)N1CCN(c2ncc(C(=O)O)c(NCc3ccc(Cl)cc3Cl)n2)CC1. The Morgan fingerprint density at radius 3 is 2.47 bits per heavy atom. The second-order valence-electron chi connectivity index (χ2n) is 8.28. The molecule has 2 heterocycles. The highest BCUT2D eigenvalue weighted by atomic mass is 35.5. The number of amides is 1. The number of anilines is 2. The van der Waals surface area contributed by atoms with Gasteiger partial charge in [-0.2, -0.15) is 4.98 Å². The Kier molecular flexibility index (Phi) is 7.30. The van der Waals surface area contributed by atoms with E-state index in [1.807, 2.05) is 25.7 Å². The number of rotatable bonds is 5. The standard InChI is InChI=1S/C21H25Cl2N5O4/c1-21(2,3)32-20(31)28-8-6-27(7-9-28)19-25-12-15(18(29)30)17(26-19)24-11-13-4-5-14(22)10-16(13)23/h4-5,10,12H,6-9,11H2,1-3H3,(H,29,30)(H,24,25,26). The molecule has 1 fully saturated rings. The van der Waals surface area contributed by atoms with Crippen molar-refractivity contribution in [3.63, 3.8) is 0 Å². The number of piperazine rings is 1. The Morgan fingerprint density at radius 1 is 1.19 bits per heavy atom. The number of carboxylic acid groups (broad SMARTS) is 1. The van der Waals surface area contributed by atoms with Crippen molar-refractivity contribution in [1.82, 2.24) is 14.9 Å². The van der Waals surface area contributed by atoms with Crippen molar-refractivity contribution in [2.75, 3.05) is 36.4 Å². The van der Waals surface area contributed by atoms with Gasteiger partial charge in [0.15, 0.2) is 0 Å². The Labute approximate surface area is 196 Å². The Hall–Kier alpha value is -2.78. The summed E-state index contributed by atoms with van der Waals surface area (Å²) in [6, 6.07) is 5.09. The number of aromatic nitrogens is 2. The van der Waals surface area contributed by atoms with Gasteiger partial charge in [-0.1, -0.05) is 29.3 Å². The van der Waals surface area contributed by atoms with E-state index in [2.05, 4.69) is 15.3 Å². The van der Waals surface area contributed by atoms with Crippen LogP contribution in [0.15, 0.2) is 24.4 Å². The lowest BCUT2D eigenvalue weighted by Crippen LogP contribution is -2.50. The highest BCUT2D eigenvalue weighted by Gasteiger charge is 2.27. The molecular weight excluding hydrogens is 457 g/mol. The summed E-state index contributed by atoms with van der Waals surface area (Å²) in [7, 11) is 0. The van der Waals surface area contributed by atoms with Gasteiger partial charge in [0.1, 0.15) is 17.0 Å². The number of nitrogens with one attached hydrogen (secondary N) is 1. The van der Waals surface area contributed by atoms with Gasteiger partial charge in [-0.3, -0.25) is 0 Å². The predicted octanol–water partition coefficient (Wildman–Crippen LogP) is 4.15. The number of ether oxygens (including phenoxy) is 1. The van der Waals surface area contributed by atoms with E-state index in [4.69, 9.17) is 27.9 Å². The van der Waals surface area contributed by atoms with Crippen molar-refractivity contribution in [3.8, 4) is 0 Å². The van der Waals surface area contributed by atoms with Crippen LogP contribution in [0.4, 0.5) is 16.6 Å². The van der Waals surface area contributed by atoms with E-state index in [0.717, 1.165) is 5.56 Å². The number of aromatic carboxylic acids is 1. The smallest absolute Gasteiger partial charge is 0.410 e. The number of carbonyl (C=O) groups excluding carboxylic acids is 1. The van der Waals surface area contributed by atoms with Crippen LogP contribution in [0.25, 0.3) is 0 Å². The molecule has 0 unspecified atom stereocenters. The molecular formula is C21H25Cl2N5O4. The third kappa shape index (κ3) is 6.14. The summed E-state index contributed by atoms with van der Waals surface area (Å²) < 4.78 is 5.41. The number of carbonyl (C=O) groups is 2. The van der Waals surface area contributed by atoms with Gasteiger partial charge >= 0.3 is 12.1 Å². The predicted molar refractivity (Wildman–Crippen MR) is 123 cm³/mol. The minimum Gasteiger partial charge on any atom is -0.477 e. The number of benzene rings is 1. The molecule has 0 aliphatic carbocycles. The summed E-state index contributed by atoms with van der Waals surface area (Å²) in [6.45, 7) is 7.62. The van der Waals surface area contributed by atoms with E-state index >= 15 is 0 Å². The lowest BCUT2D eigenvalue weighted by atomic mass is 10.2. The van der Waals surface area contributed by atoms with Gasteiger partial charge in [0.2, 0.25) is 5.95 Å². The molecule has 11 heteroatoms. The summed E-state index contributed by atoms with van der Waals surface area (Å²) in [5.41, 5.74) is 0.141. The molecule has 1 aliphatic rings. The van der Waals surface area contributed by atoms with Crippen molar-refractivity contribution in [2.45, 2.75) is 32.9 Å². The van der Waals surface area contributed by atoms with Crippen molar-refractivity contribution < 1.29 is 19.4 Å². The molecule has 0 saturated carbocycles. The normalized spacial score (nSPS) is 14.3. The number of carboxylic acids is 1. The molecule has 32 heavy (non-hydrogen) atoms. The summed E-state index contributed by atoms with van der Waals surface area (Å²) in [5.74, 6) is -0.581. The van der Waals surface area contributed by atoms with Crippen LogP contribution in [0, 0.1) is 0 Å². The van der Waals surface area contributed by atoms with E-state index in [9.17, 15) is 14.7 Å². The molecule has 1 aromatic carbocycles. The van der Waals surface area contributed by atoms with Crippen LogP contribution < -0.4 is 10.2 Å². The number of nitrogens with zero attached hydrogens (tertiary/aromatic N) is 4. The van der Waals surface area contributed by atoms with Gasteiger partial charge in [-0.05, 0) is 38.5 Å². The average molecular weight is 482 g/mol. The topological polar surface area (TPSA) is 108 Å². The zero-order chi connectivity index (χ0) is 23.5. The van der Waals surface area contributed by atoms with E-state index in [1.165, 1.54) is 6.20 Å². The monoisotopic (exact) mass is 481 g/mol. The van der Waals surface area contributed by atoms with Crippen LogP contribution in [-0.4, -0.2) is 63.8 Å². The fourth-order valence-corrected chi connectivity index (χ4v) is 3.55. The molecule has 2 N–H and O–H groups in total. The van der Waals surface area contributed by atoms with Gasteiger partial charge in [-0.15, -0.1) is 0 Å². The van der Waals surface area contributed by atoms with Gasteiger partial charge < -0.3 is 25.0 Å². The molecule has 1 aliphatic heterocycles. The van der Waals surface area contributed by atoms with Gasteiger partial charge in [0.05, 0.1) is 0 Å².